The molecule has 0 aromatic heterocycles. The second-order valence-electron chi connectivity index (χ2n) is 7.07. The van der Waals surface area contributed by atoms with Gasteiger partial charge in [0.25, 0.3) is 5.91 Å². The number of carbonyl (C=O) groups excluding carboxylic acids is 4. The van der Waals surface area contributed by atoms with Crippen LogP contribution in [0.5, 0.6) is 5.75 Å². The van der Waals surface area contributed by atoms with E-state index in [0.29, 0.717) is 12.8 Å². The third-order valence-electron chi connectivity index (χ3n) is 5.23. The molecule has 1 aromatic carbocycles. The van der Waals surface area contributed by atoms with E-state index in [1.54, 1.807) is 19.1 Å². The topological polar surface area (TPSA) is 128 Å². The third kappa shape index (κ3) is 4.23. The molecule has 1 aromatic rings. The summed E-state index contributed by atoms with van der Waals surface area (Å²) < 4.78 is 0. The predicted molar refractivity (Wildman–Crippen MR) is 103 cm³/mol. The highest BCUT2D eigenvalue weighted by molar-refractivity contribution is 6.17. The number of urea groups is 1. The quantitative estimate of drug-likeness (QED) is 0.439. The number of phenols is 1. The Hall–Kier alpha value is -3.36. The lowest BCUT2D eigenvalue weighted by molar-refractivity contribution is -0.143. The Morgan fingerprint density at radius 3 is 2.48 bits per heavy atom. The van der Waals surface area contributed by atoms with Crippen LogP contribution < -0.4 is 16.2 Å². The largest absolute Gasteiger partial charge is 0.507 e. The molecule has 0 unspecified atom stereocenters. The molecule has 154 valence electrons. The maximum atomic E-state index is 13.0. The molecule has 5 amide bonds. The predicted octanol–water partition coefficient (Wildman–Crippen LogP) is 1.56. The average Bonchev–Trinajstić information content (AvgIpc) is 2.71. The molecular formula is C20H24N4O5. The van der Waals surface area contributed by atoms with E-state index in [9.17, 15) is 24.3 Å². The fraction of sp³-hybridized carbons (Fsp3) is 0.400. The highest BCUT2D eigenvalue weighted by Gasteiger charge is 2.45. The van der Waals surface area contributed by atoms with E-state index in [0.717, 1.165) is 24.2 Å². The van der Waals surface area contributed by atoms with E-state index in [1.165, 1.54) is 18.2 Å². The minimum absolute atomic E-state index is 0.0360. The first-order chi connectivity index (χ1) is 13.9. The van der Waals surface area contributed by atoms with Crippen LogP contribution in [-0.2, 0) is 9.59 Å². The molecule has 0 spiro atoms. The molecule has 9 nitrogen and oxygen atoms in total. The second-order valence-corrected chi connectivity index (χ2v) is 7.07. The van der Waals surface area contributed by atoms with Crippen molar-refractivity contribution in [3.8, 4) is 5.75 Å². The monoisotopic (exact) mass is 400 g/mol. The van der Waals surface area contributed by atoms with E-state index in [4.69, 9.17) is 0 Å². The van der Waals surface area contributed by atoms with Crippen molar-refractivity contribution in [3.05, 3.63) is 41.6 Å². The van der Waals surface area contributed by atoms with Crippen LogP contribution in [0.2, 0.25) is 0 Å². The minimum atomic E-state index is -1.27. The first-order valence-electron chi connectivity index (χ1n) is 9.62. The smallest absolute Gasteiger partial charge is 0.331 e. The van der Waals surface area contributed by atoms with E-state index < -0.39 is 29.7 Å². The lowest BCUT2D eigenvalue weighted by Gasteiger charge is -2.38. The van der Waals surface area contributed by atoms with Gasteiger partial charge in [-0.2, -0.15) is 0 Å². The molecule has 1 atom stereocenters. The fourth-order valence-electron chi connectivity index (χ4n) is 3.72. The molecule has 1 saturated heterocycles. The summed E-state index contributed by atoms with van der Waals surface area (Å²) in [5.74, 6) is -3.46. The van der Waals surface area contributed by atoms with Crippen molar-refractivity contribution in [2.45, 2.75) is 45.1 Å². The van der Waals surface area contributed by atoms with Crippen LogP contribution in [0, 0.1) is 5.92 Å². The Morgan fingerprint density at radius 1 is 1.14 bits per heavy atom. The highest BCUT2D eigenvalue weighted by atomic mass is 16.3. The molecule has 3 rings (SSSR count). The number of phenolic OH excluding ortho intramolecular Hbond substituents is 1. The van der Waals surface area contributed by atoms with Crippen molar-refractivity contribution in [2.75, 3.05) is 0 Å². The number of carbonyl (C=O) groups is 4. The van der Waals surface area contributed by atoms with Gasteiger partial charge in [0.1, 0.15) is 5.75 Å². The molecule has 9 heteroatoms. The van der Waals surface area contributed by atoms with Crippen LogP contribution in [0.1, 0.15) is 49.4 Å². The van der Waals surface area contributed by atoms with Crippen LogP contribution >= 0.6 is 0 Å². The molecule has 2 fully saturated rings. The summed E-state index contributed by atoms with van der Waals surface area (Å²) in [4.78, 5) is 51.1. The summed E-state index contributed by atoms with van der Waals surface area (Å²) >= 11 is 0. The number of hydrogen-bond acceptors (Lipinski definition) is 6. The Labute approximate surface area is 168 Å². The zero-order valence-electron chi connectivity index (χ0n) is 16.1. The van der Waals surface area contributed by atoms with E-state index >= 15 is 0 Å². The number of nitrogens with one attached hydrogen (secondary N) is 3. The van der Waals surface area contributed by atoms with Gasteiger partial charge in [0.05, 0.1) is 5.56 Å². The van der Waals surface area contributed by atoms with Gasteiger partial charge in [-0.1, -0.05) is 37.5 Å². The van der Waals surface area contributed by atoms with Crippen LogP contribution in [0.4, 0.5) is 4.79 Å². The van der Waals surface area contributed by atoms with Crippen molar-refractivity contribution in [1.29, 1.82) is 0 Å². The molecule has 1 aliphatic carbocycles. The molecule has 0 radical (unpaired) electrons. The van der Waals surface area contributed by atoms with E-state index in [1.807, 2.05) is 0 Å². The van der Waals surface area contributed by atoms with Crippen LogP contribution in [-0.4, -0.2) is 39.8 Å². The zero-order valence-corrected chi connectivity index (χ0v) is 16.1. The van der Waals surface area contributed by atoms with E-state index in [-0.39, 0.29) is 23.1 Å². The van der Waals surface area contributed by atoms with Gasteiger partial charge in [-0.3, -0.25) is 30.0 Å². The Balaban J connectivity index is 1.74. The van der Waals surface area contributed by atoms with Gasteiger partial charge in [-0.05, 0) is 31.9 Å². The molecule has 1 aliphatic heterocycles. The first kappa shape index (κ1) is 20.4. The summed E-state index contributed by atoms with van der Waals surface area (Å²) in [5.41, 5.74) is 5.16. The van der Waals surface area contributed by atoms with Crippen LogP contribution in [0.25, 0.3) is 0 Å². The van der Waals surface area contributed by atoms with Gasteiger partial charge in [-0.15, -0.1) is 0 Å². The number of imide groups is 2. The summed E-state index contributed by atoms with van der Waals surface area (Å²) in [5, 5.41) is 12.0. The number of benzene rings is 1. The number of aromatic hydroxyl groups is 1. The number of nitrogens with zero attached hydrogens (tertiary/aromatic N) is 1. The second kappa shape index (κ2) is 8.76. The maximum Gasteiger partial charge on any atom is 0.331 e. The fourth-order valence-corrected chi connectivity index (χ4v) is 3.72. The van der Waals surface area contributed by atoms with Crippen molar-refractivity contribution in [3.63, 3.8) is 0 Å². The van der Waals surface area contributed by atoms with Crippen molar-refractivity contribution in [1.82, 2.24) is 21.1 Å². The zero-order chi connectivity index (χ0) is 21.0. The number of amides is 5. The lowest BCUT2D eigenvalue weighted by atomic mass is 9.91. The van der Waals surface area contributed by atoms with Gasteiger partial charge < -0.3 is 10.5 Å². The average molecular weight is 400 g/mol. The third-order valence-corrected chi connectivity index (χ3v) is 5.23. The molecule has 1 heterocycles. The van der Waals surface area contributed by atoms with E-state index in [2.05, 4.69) is 16.2 Å². The number of hydrogen-bond donors (Lipinski definition) is 4. The van der Waals surface area contributed by atoms with Crippen LogP contribution in [0.3, 0.4) is 0 Å². The van der Waals surface area contributed by atoms with Gasteiger partial charge >= 0.3 is 6.03 Å². The molecule has 0 bridgehead atoms. The standard InChI is InChI=1S/C20H24N4O5/c1-2-14(22-23-17(26)13-10-6-7-11-15(13)25)16-18(27)21-20(29)24(19(16)28)12-8-4-3-5-9-12/h2,6-7,10-12,16,22,25H,3-5,8-9H2,1H3,(H,23,26)(H,21,27,29)/b14-2+/t16-/m0/s1. The SMILES string of the molecule is C/C=C(/NNC(=O)c1ccccc1O)[C@H]1C(=O)NC(=O)N(C2CCCCC2)C1=O. The number of para-hydroxylation sites is 1. The number of barbiturate groups is 1. The maximum absolute atomic E-state index is 13.0. The van der Waals surface area contributed by atoms with Crippen molar-refractivity contribution < 1.29 is 24.3 Å². The first-order valence-corrected chi connectivity index (χ1v) is 9.62. The summed E-state index contributed by atoms with van der Waals surface area (Å²) in [6.45, 7) is 1.61. The van der Waals surface area contributed by atoms with Gasteiger partial charge in [-0.25, -0.2) is 4.79 Å². The number of allylic oxidation sites excluding steroid dienone is 1. The lowest BCUT2D eigenvalue weighted by Crippen LogP contribution is -2.62. The van der Waals surface area contributed by atoms with Crippen molar-refractivity contribution >= 4 is 23.8 Å². The molecular weight excluding hydrogens is 376 g/mol. The Bertz CT molecular complexity index is 860. The van der Waals surface area contributed by atoms with Gasteiger partial charge in [0.2, 0.25) is 11.8 Å². The summed E-state index contributed by atoms with van der Waals surface area (Å²) in [6.07, 6.45) is 5.81. The van der Waals surface area contributed by atoms with Crippen molar-refractivity contribution in [2.24, 2.45) is 5.92 Å². The minimum Gasteiger partial charge on any atom is -0.507 e. The summed E-state index contributed by atoms with van der Waals surface area (Å²) in [6, 6.07) is 5.05. The Morgan fingerprint density at radius 2 is 1.83 bits per heavy atom. The number of rotatable bonds is 5. The summed E-state index contributed by atoms with van der Waals surface area (Å²) in [7, 11) is 0. The van der Waals surface area contributed by atoms with Crippen LogP contribution in [0.15, 0.2) is 36.0 Å². The highest BCUT2D eigenvalue weighted by Crippen LogP contribution is 2.27. The molecule has 1 saturated carbocycles. The molecule has 29 heavy (non-hydrogen) atoms. The number of hydrazine groups is 1. The molecule has 4 N–H and O–H groups in total. The normalized spacial score (nSPS) is 21.0. The van der Waals surface area contributed by atoms with Gasteiger partial charge in [0.15, 0.2) is 5.92 Å². The Kier molecular flexibility index (Phi) is 6.16. The van der Waals surface area contributed by atoms with Gasteiger partial charge in [0, 0.05) is 11.7 Å². The molecule has 2 aliphatic rings.